The van der Waals surface area contributed by atoms with Crippen molar-refractivity contribution in [3.8, 4) is 0 Å². The summed E-state index contributed by atoms with van der Waals surface area (Å²) >= 11 is 0. The summed E-state index contributed by atoms with van der Waals surface area (Å²) in [5, 5.41) is 8.02. The van der Waals surface area contributed by atoms with Crippen LogP contribution in [0.4, 0.5) is 4.39 Å². The number of benzene rings is 3. The van der Waals surface area contributed by atoms with E-state index in [1.165, 1.54) is 11.5 Å². The van der Waals surface area contributed by atoms with E-state index in [4.69, 9.17) is 0 Å². The molecule has 1 saturated heterocycles. The molecule has 2 amide bonds. The highest BCUT2D eigenvalue weighted by atomic mass is 19.1. The van der Waals surface area contributed by atoms with E-state index in [-0.39, 0.29) is 24.1 Å². The topological polar surface area (TPSA) is 61.4 Å². The molecule has 0 aromatic heterocycles. The van der Waals surface area contributed by atoms with Crippen molar-refractivity contribution >= 4 is 22.6 Å². The predicted octanol–water partition coefficient (Wildman–Crippen LogP) is 3.03. The smallest absolute Gasteiger partial charge is 0.237 e. The summed E-state index contributed by atoms with van der Waals surface area (Å²) in [6.07, 6.45) is 0.493. The number of fused-ring (bicyclic) bond motifs is 1. The minimum Gasteiger partial charge on any atom is -0.356 e. The van der Waals surface area contributed by atoms with E-state index in [9.17, 15) is 14.0 Å². The minimum absolute atomic E-state index is 0.0800. The Bertz CT molecular complexity index is 1090. The van der Waals surface area contributed by atoms with Crippen LogP contribution in [0.25, 0.3) is 10.8 Å². The Morgan fingerprint density at radius 1 is 1.06 bits per heavy atom. The van der Waals surface area contributed by atoms with E-state index in [0.717, 1.165) is 10.9 Å². The van der Waals surface area contributed by atoms with Crippen molar-refractivity contribution in [2.24, 2.45) is 0 Å². The second-order valence-electron chi connectivity index (χ2n) is 7.85. The van der Waals surface area contributed by atoms with Crippen LogP contribution < -0.4 is 10.6 Å². The summed E-state index contributed by atoms with van der Waals surface area (Å²) in [5.41, 5.74) is 1.68. The SMILES string of the molecule is O=C(C[C@H]1C(=O)NCCN1Cc1ccc2ccccc2c1)NCCc1ccccc1F. The molecule has 3 aromatic rings. The maximum absolute atomic E-state index is 13.7. The molecule has 1 aliphatic heterocycles. The van der Waals surface area contributed by atoms with Gasteiger partial charge in [0.1, 0.15) is 5.82 Å². The van der Waals surface area contributed by atoms with Gasteiger partial charge in [0.15, 0.2) is 0 Å². The van der Waals surface area contributed by atoms with Crippen LogP contribution >= 0.6 is 0 Å². The zero-order valence-corrected chi connectivity index (χ0v) is 17.3. The molecule has 1 aliphatic rings. The van der Waals surface area contributed by atoms with Crippen LogP contribution in [0.5, 0.6) is 0 Å². The van der Waals surface area contributed by atoms with Crippen LogP contribution in [0.1, 0.15) is 17.5 Å². The van der Waals surface area contributed by atoms with Gasteiger partial charge in [-0.2, -0.15) is 0 Å². The van der Waals surface area contributed by atoms with Crippen molar-refractivity contribution in [3.63, 3.8) is 0 Å². The Kier molecular flexibility index (Phi) is 6.57. The molecule has 4 rings (SSSR count). The summed E-state index contributed by atoms with van der Waals surface area (Å²) in [7, 11) is 0. The number of nitrogens with zero attached hydrogens (tertiary/aromatic N) is 1. The highest BCUT2D eigenvalue weighted by Gasteiger charge is 2.31. The molecule has 0 unspecified atom stereocenters. The lowest BCUT2D eigenvalue weighted by Gasteiger charge is -2.34. The molecular weight excluding hydrogens is 393 g/mol. The van der Waals surface area contributed by atoms with Gasteiger partial charge < -0.3 is 10.6 Å². The lowest BCUT2D eigenvalue weighted by atomic mass is 10.0. The Morgan fingerprint density at radius 3 is 2.68 bits per heavy atom. The summed E-state index contributed by atoms with van der Waals surface area (Å²) in [6.45, 7) is 2.19. The van der Waals surface area contributed by atoms with Crippen LogP contribution in [-0.2, 0) is 22.6 Å². The number of rotatable bonds is 7. The zero-order chi connectivity index (χ0) is 21.6. The highest BCUT2D eigenvalue weighted by Crippen LogP contribution is 2.19. The molecule has 0 saturated carbocycles. The fourth-order valence-corrected chi connectivity index (χ4v) is 4.03. The largest absolute Gasteiger partial charge is 0.356 e. The van der Waals surface area contributed by atoms with E-state index in [1.54, 1.807) is 18.2 Å². The molecule has 31 heavy (non-hydrogen) atoms. The minimum atomic E-state index is -0.520. The number of amides is 2. The molecule has 1 atom stereocenters. The van der Waals surface area contributed by atoms with Gasteiger partial charge in [-0.05, 0) is 40.5 Å². The highest BCUT2D eigenvalue weighted by molar-refractivity contribution is 5.89. The summed E-state index contributed by atoms with van der Waals surface area (Å²) in [4.78, 5) is 27.0. The number of carbonyl (C=O) groups excluding carboxylic acids is 2. The summed E-state index contributed by atoms with van der Waals surface area (Å²) in [6, 6.07) is 20.5. The number of hydrogen-bond donors (Lipinski definition) is 2. The first-order valence-electron chi connectivity index (χ1n) is 10.6. The molecule has 1 fully saturated rings. The summed E-state index contributed by atoms with van der Waals surface area (Å²) in [5.74, 6) is -0.608. The van der Waals surface area contributed by atoms with Crippen molar-refractivity contribution in [2.45, 2.75) is 25.4 Å². The number of hydrogen-bond acceptors (Lipinski definition) is 3. The molecule has 6 heteroatoms. The number of nitrogens with one attached hydrogen (secondary N) is 2. The third-order valence-electron chi connectivity index (χ3n) is 5.69. The summed E-state index contributed by atoms with van der Waals surface area (Å²) < 4.78 is 13.7. The van der Waals surface area contributed by atoms with Gasteiger partial charge in [0, 0.05) is 26.2 Å². The molecule has 0 bridgehead atoms. The number of carbonyl (C=O) groups is 2. The van der Waals surface area contributed by atoms with Crippen molar-refractivity contribution in [1.29, 1.82) is 0 Å². The third kappa shape index (κ3) is 5.27. The molecule has 1 heterocycles. The monoisotopic (exact) mass is 419 g/mol. The molecule has 5 nitrogen and oxygen atoms in total. The standard InChI is InChI=1S/C25H26FN3O2/c26-22-8-4-3-6-20(22)11-12-27-24(30)16-23-25(31)28-13-14-29(23)17-18-9-10-19-5-1-2-7-21(19)15-18/h1-10,15,23H,11-14,16-17H2,(H,27,30)(H,28,31)/t23-/m0/s1. The van der Waals surface area contributed by atoms with Crippen LogP contribution in [0.2, 0.25) is 0 Å². The van der Waals surface area contributed by atoms with Gasteiger partial charge in [0.2, 0.25) is 11.8 Å². The van der Waals surface area contributed by atoms with Gasteiger partial charge in [0.05, 0.1) is 12.5 Å². The number of piperazine rings is 1. The van der Waals surface area contributed by atoms with Crippen LogP contribution in [0.15, 0.2) is 66.7 Å². The maximum Gasteiger partial charge on any atom is 0.237 e. The van der Waals surface area contributed by atoms with Gasteiger partial charge in [0.25, 0.3) is 0 Å². The van der Waals surface area contributed by atoms with E-state index in [0.29, 0.717) is 38.2 Å². The van der Waals surface area contributed by atoms with Gasteiger partial charge in [-0.15, -0.1) is 0 Å². The molecule has 3 aromatic carbocycles. The van der Waals surface area contributed by atoms with Crippen molar-refractivity contribution in [3.05, 3.63) is 83.7 Å². The van der Waals surface area contributed by atoms with E-state index >= 15 is 0 Å². The Hall–Kier alpha value is -3.25. The van der Waals surface area contributed by atoms with Crippen molar-refractivity contribution < 1.29 is 14.0 Å². The van der Waals surface area contributed by atoms with E-state index in [2.05, 4.69) is 45.9 Å². The van der Waals surface area contributed by atoms with Crippen molar-refractivity contribution in [1.82, 2.24) is 15.5 Å². The first kappa shape index (κ1) is 21.0. The Balaban J connectivity index is 1.37. The van der Waals surface area contributed by atoms with Crippen LogP contribution in [0, 0.1) is 5.82 Å². The normalized spacial score (nSPS) is 16.8. The lowest BCUT2D eigenvalue weighted by molar-refractivity contribution is -0.134. The molecule has 0 radical (unpaired) electrons. The fraction of sp³-hybridized carbons (Fsp3) is 0.280. The molecule has 0 aliphatic carbocycles. The molecule has 0 spiro atoms. The van der Waals surface area contributed by atoms with E-state index in [1.807, 2.05) is 12.1 Å². The average Bonchev–Trinajstić information content (AvgIpc) is 2.77. The van der Waals surface area contributed by atoms with Gasteiger partial charge in [-0.25, -0.2) is 4.39 Å². The van der Waals surface area contributed by atoms with Gasteiger partial charge in [-0.3, -0.25) is 14.5 Å². The average molecular weight is 420 g/mol. The Morgan fingerprint density at radius 2 is 1.84 bits per heavy atom. The molecule has 160 valence electrons. The van der Waals surface area contributed by atoms with E-state index < -0.39 is 6.04 Å². The lowest BCUT2D eigenvalue weighted by Crippen LogP contribution is -2.56. The second kappa shape index (κ2) is 9.71. The predicted molar refractivity (Wildman–Crippen MR) is 119 cm³/mol. The fourth-order valence-electron chi connectivity index (χ4n) is 4.03. The first-order valence-corrected chi connectivity index (χ1v) is 10.6. The van der Waals surface area contributed by atoms with Gasteiger partial charge >= 0.3 is 0 Å². The van der Waals surface area contributed by atoms with Crippen molar-refractivity contribution in [2.75, 3.05) is 19.6 Å². The first-order chi connectivity index (χ1) is 15.1. The van der Waals surface area contributed by atoms with Crippen LogP contribution in [-0.4, -0.2) is 42.4 Å². The third-order valence-corrected chi connectivity index (χ3v) is 5.69. The number of halogens is 1. The quantitative estimate of drug-likeness (QED) is 0.619. The van der Waals surface area contributed by atoms with Crippen LogP contribution in [0.3, 0.4) is 0 Å². The molecule has 2 N–H and O–H groups in total. The second-order valence-corrected chi connectivity index (χ2v) is 7.85. The van der Waals surface area contributed by atoms with Gasteiger partial charge in [-0.1, -0.05) is 54.6 Å². The molecular formula is C25H26FN3O2. The zero-order valence-electron chi connectivity index (χ0n) is 17.3. The maximum atomic E-state index is 13.7. The Labute approximate surface area is 181 Å².